The summed E-state index contributed by atoms with van der Waals surface area (Å²) < 4.78 is 81.9. The molecule has 50 heavy (non-hydrogen) atoms. The van der Waals surface area contributed by atoms with Gasteiger partial charge in [0.1, 0.15) is 40.5 Å². The van der Waals surface area contributed by atoms with Gasteiger partial charge in [0, 0.05) is 25.5 Å². The molecule has 13 nitrogen and oxygen atoms in total. The van der Waals surface area contributed by atoms with Crippen molar-refractivity contribution >= 4 is 39.7 Å². The van der Waals surface area contributed by atoms with Crippen molar-refractivity contribution < 1.29 is 45.8 Å². The van der Waals surface area contributed by atoms with Gasteiger partial charge in [-0.3, -0.25) is 4.57 Å². The average Bonchev–Trinajstić information content (AvgIpc) is 3.66. The minimum atomic E-state index is -4.62. The third-order valence-corrected chi connectivity index (χ3v) is 6.54. The Balaban J connectivity index is 0.000000310. The van der Waals surface area contributed by atoms with Crippen LogP contribution in [0.5, 0.6) is 0 Å². The maximum Gasteiger partial charge on any atom is 2.00 e. The normalized spacial score (nSPS) is 10.7. The number of hydrogen-bond donors (Lipinski definition) is 0. The van der Waals surface area contributed by atoms with E-state index in [0.29, 0.717) is 35.4 Å². The summed E-state index contributed by atoms with van der Waals surface area (Å²) >= 11 is 5.85. The van der Waals surface area contributed by atoms with Crippen LogP contribution in [0.25, 0.3) is 49.9 Å². The molecular formula is C29H18ClF6N13Zn. The van der Waals surface area contributed by atoms with Gasteiger partial charge in [-0.1, -0.05) is 23.2 Å². The Morgan fingerprint density at radius 3 is 1.52 bits per heavy atom. The van der Waals surface area contributed by atoms with Gasteiger partial charge in [-0.15, -0.1) is 0 Å². The van der Waals surface area contributed by atoms with Gasteiger partial charge in [-0.2, -0.15) is 26.3 Å². The van der Waals surface area contributed by atoms with Crippen LogP contribution in [0.4, 0.5) is 32.2 Å². The first-order valence-electron chi connectivity index (χ1n) is 13.3. The summed E-state index contributed by atoms with van der Waals surface area (Å²) in [6, 6.07) is 6.17. The number of imidazole rings is 2. The van der Waals surface area contributed by atoms with E-state index in [1.165, 1.54) is 16.7 Å². The van der Waals surface area contributed by atoms with Crippen LogP contribution in [0, 0.1) is 30.2 Å². The molecule has 6 heterocycles. The SMILES string of the molecule is CCn1c(-c2cncnc2C(F)(F)F)nc2ccc(Cl)nc21.[C-]#N.[C-]#N.[C-]#[N+]c1ccc2nc(-c3cncnc3C(F)(F)F)n(CC)c2n1.[Zn+2]. The number of aromatic nitrogens is 10. The maximum absolute atomic E-state index is 13.2. The number of nitrogens with zero attached hydrogens (tertiary/aromatic N) is 13. The number of halogens is 7. The molecule has 6 aromatic rings. The quantitative estimate of drug-likeness (QED) is 0.0773. The molecule has 0 saturated heterocycles. The Labute approximate surface area is 296 Å². The van der Waals surface area contributed by atoms with Crippen LogP contribution in [0.3, 0.4) is 0 Å². The van der Waals surface area contributed by atoms with E-state index in [1.807, 2.05) is 0 Å². The maximum atomic E-state index is 13.2. The number of aryl methyl sites for hydroxylation is 2. The van der Waals surface area contributed by atoms with Crippen LogP contribution in [0.15, 0.2) is 49.3 Å². The van der Waals surface area contributed by atoms with Gasteiger partial charge in [0.25, 0.3) is 11.5 Å². The van der Waals surface area contributed by atoms with E-state index in [4.69, 9.17) is 41.8 Å². The van der Waals surface area contributed by atoms with Crippen LogP contribution in [0.2, 0.25) is 5.15 Å². The van der Waals surface area contributed by atoms with E-state index in [9.17, 15) is 26.3 Å². The second-order valence-corrected chi connectivity index (χ2v) is 9.41. The molecule has 0 unspecified atom stereocenters. The van der Waals surface area contributed by atoms with Gasteiger partial charge in [0.05, 0.1) is 11.1 Å². The summed E-state index contributed by atoms with van der Waals surface area (Å²) in [5, 5.41) is 12.7. The molecule has 0 spiro atoms. The first-order valence-corrected chi connectivity index (χ1v) is 13.7. The summed E-state index contributed by atoms with van der Waals surface area (Å²) in [6.07, 6.45) is -5.32. The van der Waals surface area contributed by atoms with Crippen LogP contribution < -0.4 is 0 Å². The van der Waals surface area contributed by atoms with Gasteiger partial charge >= 0.3 is 31.8 Å². The summed E-state index contributed by atoms with van der Waals surface area (Å²) in [5.74, 6) is 0.337. The average molecular weight is 763 g/mol. The second-order valence-electron chi connectivity index (χ2n) is 9.03. The number of hydrogen-bond acceptors (Lipinski definition) is 10. The van der Waals surface area contributed by atoms with Gasteiger partial charge in [-0.05, 0) is 38.1 Å². The number of pyridine rings is 2. The number of rotatable bonds is 4. The standard InChI is InChI=1S/C14H9F3N6.C13H9ClF3N5.2CN.Zn/c1-3-23-12(8-6-19-7-20-11(8)14(15,16)17)21-9-4-5-10(18-2)22-13(9)23;1-2-22-11(20-8-3-4-9(14)21-12(8)22)7-5-18-6-19-10(7)13(15,16)17;2*1-2;/h4-7H,3H2,1H3;3-6H,2H2,1H3;;;/q;;2*-1;+2. The predicted octanol–water partition coefficient (Wildman–Crippen LogP) is 7.25. The molecule has 0 aliphatic rings. The number of alkyl halides is 6. The zero-order valence-electron chi connectivity index (χ0n) is 25.7. The molecular weight excluding hydrogens is 745 g/mol. The Bertz CT molecular complexity index is 2160. The molecule has 0 saturated carbocycles. The van der Waals surface area contributed by atoms with E-state index in [1.54, 1.807) is 30.5 Å². The largest absolute Gasteiger partial charge is 2.00 e. The fourth-order valence-electron chi connectivity index (χ4n) is 4.48. The summed E-state index contributed by atoms with van der Waals surface area (Å²) in [7, 11) is 0. The van der Waals surface area contributed by atoms with Crippen LogP contribution in [-0.2, 0) is 44.9 Å². The fraction of sp³-hybridized carbons (Fsp3) is 0.207. The number of fused-ring (bicyclic) bond motifs is 2. The summed E-state index contributed by atoms with van der Waals surface area (Å²) in [5.41, 5.74) is -0.851. The van der Waals surface area contributed by atoms with Gasteiger partial charge in [0.15, 0.2) is 17.0 Å². The summed E-state index contributed by atoms with van der Waals surface area (Å²) in [6.45, 7) is 20.8. The first kappa shape index (κ1) is 40.5. The van der Waals surface area contributed by atoms with Crippen molar-refractivity contribution in [1.82, 2.24) is 49.0 Å². The Morgan fingerprint density at radius 2 is 1.12 bits per heavy atom. The molecule has 0 aliphatic carbocycles. The minimum Gasteiger partial charge on any atom is -0.512 e. The van der Waals surface area contributed by atoms with Crippen molar-refractivity contribution in [2.45, 2.75) is 39.3 Å². The topological polar surface area (TPSA) is 165 Å². The molecule has 0 N–H and O–H groups in total. The Morgan fingerprint density at radius 1 is 0.700 bits per heavy atom. The van der Waals surface area contributed by atoms with Crippen molar-refractivity contribution in [3.05, 3.63) is 90.4 Å². The molecule has 6 aromatic heterocycles. The van der Waals surface area contributed by atoms with E-state index in [-0.39, 0.29) is 53.2 Å². The zero-order chi connectivity index (χ0) is 36.5. The molecule has 0 atom stereocenters. The van der Waals surface area contributed by atoms with Crippen LogP contribution in [-0.4, -0.2) is 49.0 Å². The molecule has 250 valence electrons. The predicted molar refractivity (Wildman–Crippen MR) is 160 cm³/mol. The summed E-state index contributed by atoms with van der Waals surface area (Å²) in [4.78, 5) is 34.0. The van der Waals surface area contributed by atoms with Gasteiger partial charge in [-0.25, -0.2) is 34.9 Å². The molecule has 0 bridgehead atoms. The van der Waals surface area contributed by atoms with E-state index < -0.39 is 23.7 Å². The Hall–Kier alpha value is -5.64. The second kappa shape index (κ2) is 17.1. The van der Waals surface area contributed by atoms with E-state index in [2.05, 4.69) is 44.7 Å². The van der Waals surface area contributed by atoms with Gasteiger partial charge in [0.2, 0.25) is 0 Å². The molecule has 0 radical (unpaired) electrons. The first-order chi connectivity index (χ1) is 23.4. The van der Waals surface area contributed by atoms with Crippen LogP contribution in [0.1, 0.15) is 25.2 Å². The smallest absolute Gasteiger partial charge is 0.512 e. The van der Waals surface area contributed by atoms with Crippen molar-refractivity contribution in [1.29, 1.82) is 10.5 Å². The fourth-order valence-corrected chi connectivity index (χ4v) is 4.62. The molecule has 21 heteroatoms. The van der Waals surface area contributed by atoms with Crippen molar-refractivity contribution in [3.63, 3.8) is 0 Å². The van der Waals surface area contributed by atoms with Crippen molar-refractivity contribution in [2.75, 3.05) is 0 Å². The third kappa shape index (κ3) is 8.50. The monoisotopic (exact) mass is 761 g/mol. The Kier molecular flexibility index (Phi) is 13.9. The molecule has 0 fully saturated rings. The van der Waals surface area contributed by atoms with Crippen molar-refractivity contribution in [3.8, 4) is 22.8 Å². The van der Waals surface area contributed by atoms with Crippen LogP contribution >= 0.6 is 11.6 Å². The zero-order valence-corrected chi connectivity index (χ0v) is 29.4. The minimum absolute atomic E-state index is 0. The molecule has 0 aromatic carbocycles. The molecule has 0 aliphatic heterocycles. The molecule has 6 rings (SSSR count). The third-order valence-electron chi connectivity index (χ3n) is 6.33. The van der Waals surface area contributed by atoms with E-state index >= 15 is 0 Å². The van der Waals surface area contributed by atoms with Crippen molar-refractivity contribution in [2.24, 2.45) is 0 Å². The van der Waals surface area contributed by atoms with E-state index in [0.717, 1.165) is 25.0 Å². The molecule has 0 amide bonds. The van der Waals surface area contributed by atoms with Gasteiger partial charge < -0.3 is 33.1 Å².